The monoisotopic (exact) mass is 525 g/mol. The van der Waals surface area contributed by atoms with Crippen LogP contribution in [0.4, 0.5) is 0 Å². The Morgan fingerprint density at radius 3 is 2.45 bits per heavy atom. The van der Waals surface area contributed by atoms with Crippen molar-refractivity contribution in [3.63, 3.8) is 0 Å². The molecule has 4 fully saturated rings. The first-order chi connectivity index (χ1) is 18.4. The Morgan fingerprint density at radius 1 is 1.08 bits per heavy atom. The number of oxime groups is 1. The van der Waals surface area contributed by atoms with Crippen molar-refractivity contribution >= 4 is 17.9 Å². The third kappa shape index (κ3) is 5.27. The lowest BCUT2D eigenvalue weighted by Crippen LogP contribution is -2.49. The molecule has 0 spiro atoms. The Balaban J connectivity index is 1.14. The topological polar surface area (TPSA) is 103 Å². The molecule has 3 aliphatic carbocycles. The molecule has 2 N–H and O–H groups in total. The highest BCUT2D eigenvalue weighted by Crippen LogP contribution is 2.52. The number of aliphatic hydroxyl groups is 2. The normalized spacial score (nSPS) is 35.9. The molecule has 1 heterocycles. The van der Waals surface area contributed by atoms with Crippen LogP contribution in [0.15, 0.2) is 35.5 Å². The highest BCUT2D eigenvalue weighted by molar-refractivity contribution is 6.02. The van der Waals surface area contributed by atoms with Crippen molar-refractivity contribution in [2.45, 2.75) is 50.7 Å². The van der Waals surface area contributed by atoms with Crippen molar-refractivity contribution < 1.29 is 24.6 Å². The molecule has 1 aromatic rings. The van der Waals surface area contributed by atoms with Crippen molar-refractivity contribution in [1.82, 2.24) is 9.80 Å². The summed E-state index contributed by atoms with van der Waals surface area (Å²) in [4.78, 5) is 34.8. The number of carbonyl (C=O) groups excluding carboxylic acids is 2. The number of hydrogen-bond donors (Lipinski definition) is 2. The molecule has 3 saturated carbocycles. The van der Waals surface area contributed by atoms with Gasteiger partial charge in [-0.25, -0.2) is 0 Å². The fraction of sp³-hybridized carbons (Fsp3) is 0.700. The molecule has 1 amide bonds. The maximum atomic E-state index is 13.5. The van der Waals surface area contributed by atoms with E-state index in [1.54, 1.807) is 7.11 Å². The minimum atomic E-state index is -0.906. The molecule has 8 unspecified atom stereocenters. The molecule has 208 valence electrons. The van der Waals surface area contributed by atoms with E-state index in [4.69, 9.17) is 4.84 Å². The first-order valence-corrected chi connectivity index (χ1v) is 14.4. The number of fused-ring (bicyclic) bond motifs is 2. The average Bonchev–Trinajstić information content (AvgIpc) is 3.62. The third-order valence-electron chi connectivity index (χ3n) is 10.0. The van der Waals surface area contributed by atoms with Crippen LogP contribution in [0, 0.1) is 41.4 Å². The molecule has 8 nitrogen and oxygen atoms in total. The number of rotatable bonds is 9. The van der Waals surface area contributed by atoms with Gasteiger partial charge >= 0.3 is 0 Å². The van der Waals surface area contributed by atoms with Crippen molar-refractivity contribution in [2.75, 3.05) is 40.3 Å². The van der Waals surface area contributed by atoms with Crippen LogP contribution < -0.4 is 0 Å². The summed E-state index contributed by atoms with van der Waals surface area (Å²) >= 11 is 0. The van der Waals surface area contributed by atoms with E-state index < -0.39 is 24.0 Å². The number of aldehydes is 1. The zero-order chi connectivity index (χ0) is 26.8. The van der Waals surface area contributed by atoms with Crippen LogP contribution in [0.5, 0.6) is 0 Å². The molecule has 8 atom stereocenters. The minimum Gasteiger partial charge on any atom is -0.399 e. The van der Waals surface area contributed by atoms with E-state index in [2.05, 4.69) is 22.2 Å². The number of benzene rings is 1. The summed E-state index contributed by atoms with van der Waals surface area (Å²) in [6.45, 7) is 3.81. The second kappa shape index (κ2) is 11.8. The average molecular weight is 526 g/mol. The molecular weight excluding hydrogens is 482 g/mol. The maximum absolute atomic E-state index is 13.5. The SMILES string of the molecule is CO/N=C(\c1ccccc1)C1CCN(CC2CCCC2CN(C)C(=O)C2C(C=O)C3CC2C(O)C3O)CC1. The lowest BCUT2D eigenvalue weighted by Gasteiger charge is -2.37. The molecule has 8 heteroatoms. The van der Waals surface area contributed by atoms with Crippen LogP contribution in [-0.4, -0.2) is 90.5 Å². The van der Waals surface area contributed by atoms with Crippen LogP contribution in [-0.2, 0) is 14.4 Å². The standard InChI is InChI=1S/C30H43N3O5/c1-32(30(37)26-24-15-23(25(26)18-34)28(35)29(24)36)16-21-9-6-10-22(21)17-33-13-11-20(12-14-33)27(31-38-2)19-7-4-3-5-8-19/h3-5,7-8,18,20-26,28-29,35-36H,6,9-17H2,1-2H3/b31-27+. The number of aliphatic hydroxyl groups excluding tert-OH is 2. The first kappa shape index (κ1) is 27.3. The Labute approximate surface area is 226 Å². The van der Waals surface area contributed by atoms with Crippen LogP contribution in [0.2, 0.25) is 0 Å². The number of piperidine rings is 1. The van der Waals surface area contributed by atoms with E-state index in [0.29, 0.717) is 30.7 Å². The predicted octanol–water partition coefficient (Wildman–Crippen LogP) is 2.43. The van der Waals surface area contributed by atoms with Gasteiger partial charge in [-0.2, -0.15) is 0 Å². The summed E-state index contributed by atoms with van der Waals surface area (Å²) in [5.41, 5.74) is 2.17. The second-order valence-corrected chi connectivity index (χ2v) is 12.1. The zero-order valence-corrected chi connectivity index (χ0v) is 22.7. The second-order valence-electron chi connectivity index (χ2n) is 12.1. The van der Waals surface area contributed by atoms with Gasteiger partial charge < -0.3 is 29.6 Å². The van der Waals surface area contributed by atoms with Gasteiger partial charge in [0, 0.05) is 37.9 Å². The van der Waals surface area contributed by atoms with E-state index in [9.17, 15) is 19.8 Å². The zero-order valence-electron chi connectivity index (χ0n) is 22.7. The van der Waals surface area contributed by atoms with Gasteiger partial charge in [0.25, 0.3) is 0 Å². The summed E-state index contributed by atoms with van der Waals surface area (Å²) in [6, 6.07) is 10.3. The highest BCUT2D eigenvalue weighted by atomic mass is 16.6. The molecular formula is C30H43N3O5. The lowest BCUT2D eigenvalue weighted by atomic mass is 9.76. The quantitative estimate of drug-likeness (QED) is 0.292. The number of amides is 1. The van der Waals surface area contributed by atoms with Crippen molar-refractivity contribution in [3.8, 4) is 0 Å². The molecule has 1 aromatic carbocycles. The van der Waals surface area contributed by atoms with Crippen molar-refractivity contribution in [2.24, 2.45) is 46.6 Å². The minimum absolute atomic E-state index is 0.0436. The summed E-state index contributed by atoms with van der Waals surface area (Å²) in [7, 11) is 3.46. The van der Waals surface area contributed by atoms with Crippen molar-refractivity contribution in [1.29, 1.82) is 0 Å². The Kier molecular flexibility index (Phi) is 8.50. The lowest BCUT2D eigenvalue weighted by molar-refractivity contribution is -0.147. The van der Waals surface area contributed by atoms with E-state index in [-0.39, 0.29) is 17.7 Å². The molecule has 5 rings (SSSR count). The van der Waals surface area contributed by atoms with Gasteiger partial charge in [0.1, 0.15) is 13.4 Å². The van der Waals surface area contributed by atoms with Gasteiger partial charge in [-0.3, -0.25) is 4.79 Å². The Hall–Kier alpha value is -2.29. The number of hydrogen-bond acceptors (Lipinski definition) is 7. The molecule has 4 aliphatic rings. The van der Waals surface area contributed by atoms with E-state index in [1.807, 2.05) is 30.1 Å². The van der Waals surface area contributed by atoms with Gasteiger partial charge in [-0.1, -0.05) is 41.9 Å². The van der Waals surface area contributed by atoms with E-state index >= 15 is 0 Å². The largest absolute Gasteiger partial charge is 0.399 e. The smallest absolute Gasteiger partial charge is 0.226 e. The highest BCUT2D eigenvalue weighted by Gasteiger charge is 2.60. The Morgan fingerprint density at radius 2 is 1.76 bits per heavy atom. The summed E-state index contributed by atoms with van der Waals surface area (Å²) in [5.74, 6) is -0.269. The van der Waals surface area contributed by atoms with Gasteiger partial charge in [0.15, 0.2) is 0 Å². The molecule has 0 aromatic heterocycles. The number of carbonyl (C=O) groups is 2. The van der Waals surface area contributed by atoms with Gasteiger partial charge in [-0.15, -0.1) is 0 Å². The summed E-state index contributed by atoms with van der Waals surface area (Å²) in [6.07, 6.45) is 5.18. The molecule has 1 aliphatic heterocycles. The van der Waals surface area contributed by atoms with Gasteiger partial charge in [0.05, 0.1) is 23.8 Å². The predicted molar refractivity (Wildman–Crippen MR) is 144 cm³/mol. The first-order valence-electron chi connectivity index (χ1n) is 14.4. The van der Waals surface area contributed by atoms with Gasteiger partial charge in [0.2, 0.25) is 5.91 Å². The van der Waals surface area contributed by atoms with Crippen molar-refractivity contribution in [3.05, 3.63) is 35.9 Å². The number of likely N-dealkylation sites (tertiary alicyclic amines) is 1. The number of nitrogens with zero attached hydrogens (tertiary/aromatic N) is 3. The third-order valence-corrected chi connectivity index (χ3v) is 10.0. The van der Waals surface area contributed by atoms with Gasteiger partial charge in [-0.05, 0) is 68.5 Å². The fourth-order valence-electron chi connectivity index (χ4n) is 8.01. The summed E-state index contributed by atoms with van der Waals surface area (Å²) < 4.78 is 0. The van der Waals surface area contributed by atoms with Crippen LogP contribution in [0.1, 0.15) is 44.1 Å². The molecule has 38 heavy (non-hydrogen) atoms. The summed E-state index contributed by atoms with van der Waals surface area (Å²) in [5, 5.41) is 25.0. The van der Waals surface area contributed by atoms with E-state index in [0.717, 1.165) is 56.5 Å². The molecule has 1 saturated heterocycles. The molecule has 0 radical (unpaired) electrons. The fourth-order valence-corrected chi connectivity index (χ4v) is 8.01. The van der Waals surface area contributed by atoms with Crippen LogP contribution in [0.25, 0.3) is 0 Å². The van der Waals surface area contributed by atoms with Crippen LogP contribution in [0.3, 0.4) is 0 Å². The van der Waals surface area contributed by atoms with Crippen LogP contribution >= 0.6 is 0 Å². The maximum Gasteiger partial charge on any atom is 0.226 e. The Bertz CT molecular complexity index is 995. The van der Waals surface area contributed by atoms with E-state index in [1.165, 1.54) is 12.8 Å². The molecule has 2 bridgehead atoms.